The van der Waals surface area contributed by atoms with E-state index >= 15 is 0 Å². The number of rotatable bonds is 4. The second kappa shape index (κ2) is 7.36. The van der Waals surface area contributed by atoms with Crippen molar-refractivity contribution in [1.82, 2.24) is 4.90 Å². The van der Waals surface area contributed by atoms with Crippen LogP contribution in [0.4, 0.5) is 14.5 Å². The molecule has 0 unspecified atom stereocenters. The zero-order valence-corrected chi connectivity index (χ0v) is 13.9. The zero-order chi connectivity index (χ0) is 18.8. The van der Waals surface area contributed by atoms with Gasteiger partial charge in [0.25, 0.3) is 0 Å². The van der Waals surface area contributed by atoms with Gasteiger partial charge in [-0.05, 0) is 12.1 Å². The van der Waals surface area contributed by atoms with Crippen LogP contribution in [0.1, 0.15) is 12.8 Å². The third kappa shape index (κ3) is 3.98. The summed E-state index contributed by atoms with van der Waals surface area (Å²) >= 11 is 0. The molecule has 26 heavy (non-hydrogen) atoms. The number of nitrogens with zero attached hydrogens (tertiary/aromatic N) is 2. The number of hydrogen-bond donors (Lipinski definition) is 1. The maximum atomic E-state index is 13.4. The lowest BCUT2D eigenvalue weighted by Crippen LogP contribution is -2.48. The van der Waals surface area contributed by atoms with E-state index < -0.39 is 29.6 Å². The van der Waals surface area contributed by atoms with Gasteiger partial charge in [0, 0.05) is 37.8 Å². The summed E-state index contributed by atoms with van der Waals surface area (Å²) in [6, 6.07) is 2.81. The predicted molar refractivity (Wildman–Crippen MR) is 85.4 cm³/mol. The van der Waals surface area contributed by atoms with Gasteiger partial charge in [0.05, 0.1) is 25.0 Å². The van der Waals surface area contributed by atoms with Gasteiger partial charge in [-0.2, -0.15) is 0 Å². The van der Waals surface area contributed by atoms with Crippen LogP contribution in [0.15, 0.2) is 18.2 Å². The van der Waals surface area contributed by atoms with Crippen molar-refractivity contribution in [2.75, 3.05) is 31.1 Å². The number of carbonyl (C=O) groups excluding carboxylic acids is 2. The molecule has 2 fully saturated rings. The SMILES string of the molecule is O=C(O)C[C@H]1CN(C(=O)[C@H]2CC(=O)N(c3cc(F)cc(F)c3)C2)CCO1. The van der Waals surface area contributed by atoms with Crippen LogP contribution in [0, 0.1) is 17.6 Å². The molecule has 2 atom stereocenters. The van der Waals surface area contributed by atoms with E-state index in [-0.39, 0.29) is 50.0 Å². The highest BCUT2D eigenvalue weighted by atomic mass is 19.1. The maximum Gasteiger partial charge on any atom is 0.306 e. The van der Waals surface area contributed by atoms with E-state index in [4.69, 9.17) is 9.84 Å². The van der Waals surface area contributed by atoms with E-state index in [0.717, 1.165) is 12.1 Å². The normalized spacial score (nSPS) is 23.4. The summed E-state index contributed by atoms with van der Waals surface area (Å²) < 4.78 is 32.1. The lowest BCUT2D eigenvalue weighted by Gasteiger charge is -2.33. The van der Waals surface area contributed by atoms with Gasteiger partial charge in [0.15, 0.2) is 0 Å². The van der Waals surface area contributed by atoms with Crippen LogP contribution in [-0.2, 0) is 19.1 Å². The van der Waals surface area contributed by atoms with Crippen LogP contribution in [0.2, 0.25) is 0 Å². The van der Waals surface area contributed by atoms with Crippen molar-refractivity contribution >= 4 is 23.5 Å². The third-order valence-corrected chi connectivity index (χ3v) is 4.49. The molecule has 0 radical (unpaired) electrons. The molecular formula is C17H18F2N2O5. The number of carboxylic acid groups (broad SMARTS) is 1. The highest BCUT2D eigenvalue weighted by Crippen LogP contribution is 2.28. The fraction of sp³-hybridized carbons (Fsp3) is 0.471. The first-order valence-electron chi connectivity index (χ1n) is 8.22. The van der Waals surface area contributed by atoms with Crippen molar-refractivity contribution < 1.29 is 33.0 Å². The zero-order valence-electron chi connectivity index (χ0n) is 13.9. The number of benzene rings is 1. The molecule has 140 valence electrons. The standard InChI is InChI=1S/C17H18F2N2O5/c18-11-4-12(19)6-13(5-11)21-8-10(3-15(21)22)17(25)20-1-2-26-14(9-20)7-16(23)24/h4-6,10,14H,1-3,7-9H2,(H,23,24)/t10-,14-/m0/s1. The Hall–Kier alpha value is -2.55. The molecule has 2 saturated heterocycles. The number of hydrogen-bond acceptors (Lipinski definition) is 4. The molecule has 1 N–H and O–H groups in total. The van der Waals surface area contributed by atoms with Gasteiger partial charge in [-0.25, -0.2) is 8.78 Å². The molecule has 2 aliphatic heterocycles. The average Bonchev–Trinajstić information content (AvgIpc) is 2.95. The first-order chi connectivity index (χ1) is 12.3. The number of amides is 2. The number of morpholine rings is 1. The Labute approximate surface area is 148 Å². The van der Waals surface area contributed by atoms with Crippen molar-refractivity contribution in [3.8, 4) is 0 Å². The molecule has 0 aromatic heterocycles. The van der Waals surface area contributed by atoms with Crippen molar-refractivity contribution in [3.05, 3.63) is 29.8 Å². The molecule has 0 bridgehead atoms. The van der Waals surface area contributed by atoms with Gasteiger partial charge >= 0.3 is 5.97 Å². The Bertz CT molecular complexity index is 722. The fourth-order valence-electron chi connectivity index (χ4n) is 3.31. The van der Waals surface area contributed by atoms with Crippen LogP contribution in [0.3, 0.4) is 0 Å². The molecular weight excluding hydrogens is 350 g/mol. The number of aliphatic carboxylic acids is 1. The summed E-state index contributed by atoms with van der Waals surface area (Å²) in [5.41, 5.74) is 0.0773. The van der Waals surface area contributed by atoms with Crippen LogP contribution in [0.5, 0.6) is 0 Å². The molecule has 3 rings (SSSR count). The fourth-order valence-corrected chi connectivity index (χ4v) is 3.31. The van der Waals surface area contributed by atoms with E-state index in [1.54, 1.807) is 0 Å². The molecule has 2 amide bonds. The highest BCUT2D eigenvalue weighted by molar-refractivity contribution is 6.00. The van der Waals surface area contributed by atoms with Gasteiger partial charge in [0.1, 0.15) is 11.6 Å². The van der Waals surface area contributed by atoms with Crippen LogP contribution >= 0.6 is 0 Å². The monoisotopic (exact) mass is 368 g/mol. The predicted octanol–water partition coefficient (Wildman–Crippen LogP) is 1.02. The Balaban J connectivity index is 1.67. The van der Waals surface area contributed by atoms with E-state index in [1.807, 2.05) is 0 Å². The van der Waals surface area contributed by atoms with Crippen LogP contribution < -0.4 is 4.90 Å². The summed E-state index contributed by atoms with van der Waals surface area (Å²) in [6.07, 6.45) is -0.851. The number of anilines is 1. The van der Waals surface area contributed by atoms with Gasteiger partial charge < -0.3 is 19.6 Å². The number of halogens is 2. The Kier molecular flexibility index (Phi) is 5.17. The number of carboxylic acids is 1. The molecule has 2 heterocycles. The van der Waals surface area contributed by atoms with E-state index in [0.29, 0.717) is 12.6 Å². The van der Waals surface area contributed by atoms with E-state index in [9.17, 15) is 23.2 Å². The first-order valence-corrected chi connectivity index (χ1v) is 8.22. The Morgan fingerprint density at radius 1 is 1.19 bits per heavy atom. The summed E-state index contributed by atoms with van der Waals surface area (Å²) in [5, 5.41) is 8.85. The van der Waals surface area contributed by atoms with Crippen molar-refractivity contribution in [1.29, 1.82) is 0 Å². The second-order valence-electron chi connectivity index (χ2n) is 6.41. The first kappa shape index (κ1) is 18.2. The molecule has 0 spiro atoms. The third-order valence-electron chi connectivity index (χ3n) is 4.49. The molecule has 7 nitrogen and oxygen atoms in total. The lowest BCUT2D eigenvalue weighted by atomic mass is 10.1. The molecule has 9 heteroatoms. The Morgan fingerprint density at radius 3 is 2.54 bits per heavy atom. The summed E-state index contributed by atoms with van der Waals surface area (Å²) in [7, 11) is 0. The number of carbonyl (C=O) groups is 3. The largest absolute Gasteiger partial charge is 0.481 e. The minimum Gasteiger partial charge on any atom is -0.481 e. The van der Waals surface area contributed by atoms with Crippen LogP contribution in [-0.4, -0.2) is 60.1 Å². The smallest absolute Gasteiger partial charge is 0.306 e. The minimum absolute atomic E-state index is 0.0293. The van der Waals surface area contributed by atoms with Crippen LogP contribution in [0.25, 0.3) is 0 Å². The molecule has 2 aliphatic rings. The molecule has 0 aliphatic carbocycles. The summed E-state index contributed by atoms with van der Waals surface area (Å²) in [6.45, 7) is 0.712. The molecule has 0 saturated carbocycles. The summed E-state index contributed by atoms with van der Waals surface area (Å²) in [5.74, 6) is -3.92. The van der Waals surface area contributed by atoms with Gasteiger partial charge in [0.2, 0.25) is 11.8 Å². The van der Waals surface area contributed by atoms with Crippen molar-refractivity contribution in [2.45, 2.75) is 18.9 Å². The van der Waals surface area contributed by atoms with E-state index in [1.165, 1.54) is 9.80 Å². The topological polar surface area (TPSA) is 87.2 Å². The molecule has 1 aromatic carbocycles. The Morgan fingerprint density at radius 2 is 1.88 bits per heavy atom. The lowest BCUT2D eigenvalue weighted by molar-refractivity contribution is -0.149. The highest BCUT2D eigenvalue weighted by Gasteiger charge is 2.39. The minimum atomic E-state index is -1.01. The van der Waals surface area contributed by atoms with Gasteiger partial charge in [-0.15, -0.1) is 0 Å². The second-order valence-corrected chi connectivity index (χ2v) is 6.41. The quantitative estimate of drug-likeness (QED) is 0.858. The van der Waals surface area contributed by atoms with Crippen molar-refractivity contribution in [3.63, 3.8) is 0 Å². The summed E-state index contributed by atoms with van der Waals surface area (Å²) in [4.78, 5) is 38.4. The van der Waals surface area contributed by atoms with Crippen molar-refractivity contribution in [2.24, 2.45) is 5.92 Å². The number of ether oxygens (including phenoxy) is 1. The molecule has 1 aromatic rings. The van der Waals surface area contributed by atoms with Gasteiger partial charge in [-0.3, -0.25) is 14.4 Å². The van der Waals surface area contributed by atoms with E-state index in [2.05, 4.69) is 0 Å². The van der Waals surface area contributed by atoms with Gasteiger partial charge in [-0.1, -0.05) is 0 Å². The maximum absolute atomic E-state index is 13.4. The average molecular weight is 368 g/mol.